The van der Waals surface area contributed by atoms with Crippen molar-refractivity contribution in [1.29, 1.82) is 0 Å². The van der Waals surface area contributed by atoms with Gasteiger partial charge in [-0.05, 0) is 31.5 Å². The largest absolute Gasteiger partial charge is 0.454 e. The second-order valence-corrected chi connectivity index (χ2v) is 6.07. The molecule has 4 aromatic rings. The number of halogens is 1. The van der Waals surface area contributed by atoms with Crippen molar-refractivity contribution in [2.24, 2.45) is 0 Å². The Hall–Kier alpha value is -3.15. The molecule has 2 heterocycles. The number of aryl methyl sites for hydroxylation is 1. The number of furan rings is 1. The summed E-state index contributed by atoms with van der Waals surface area (Å²) in [6, 6.07) is 8.70. The lowest BCUT2D eigenvalue weighted by atomic mass is 10.1. The van der Waals surface area contributed by atoms with Crippen molar-refractivity contribution in [1.82, 2.24) is 9.97 Å². The van der Waals surface area contributed by atoms with Crippen LogP contribution >= 0.6 is 0 Å². The first-order chi connectivity index (χ1) is 12.6. The summed E-state index contributed by atoms with van der Waals surface area (Å²) in [5, 5.41) is 4.93. The Labute approximate surface area is 150 Å². The van der Waals surface area contributed by atoms with Gasteiger partial charge in [0.15, 0.2) is 17.2 Å². The summed E-state index contributed by atoms with van der Waals surface area (Å²) in [6.45, 7) is 4.76. The Kier molecular flexibility index (Phi) is 3.95. The molecular weight excluding hydrogens is 331 g/mol. The lowest BCUT2D eigenvalue weighted by Crippen LogP contribution is -2.20. The molecule has 0 aliphatic carbocycles. The molecule has 0 amide bonds. The van der Waals surface area contributed by atoms with E-state index in [9.17, 15) is 4.39 Å². The van der Waals surface area contributed by atoms with Crippen molar-refractivity contribution in [2.75, 3.05) is 23.8 Å². The third-order valence-corrected chi connectivity index (χ3v) is 4.54. The van der Waals surface area contributed by atoms with Gasteiger partial charge in [-0.1, -0.05) is 12.1 Å². The van der Waals surface area contributed by atoms with E-state index in [1.807, 2.05) is 26.1 Å². The number of rotatable bonds is 4. The van der Waals surface area contributed by atoms with Gasteiger partial charge in [-0.3, -0.25) is 0 Å². The van der Waals surface area contributed by atoms with E-state index in [0.29, 0.717) is 17.9 Å². The van der Waals surface area contributed by atoms with Crippen molar-refractivity contribution >= 4 is 39.3 Å². The minimum Gasteiger partial charge on any atom is -0.454 e. The van der Waals surface area contributed by atoms with Gasteiger partial charge in [0.1, 0.15) is 11.4 Å². The maximum Gasteiger partial charge on any atom is 0.176 e. The number of hydrogen-bond acceptors (Lipinski definition) is 5. The topological polar surface area (TPSA) is 54.2 Å². The van der Waals surface area contributed by atoms with Crippen molar-refractivity contribution < 1.29 is 8.81 Å². The van der Waals surface area contributed by atoms with E-state index in [1.165, 1.54) is 12.1 Å². The highest BCUT2D eigenvalue weighted by atomic mass is 19.1. The number of anilines is 3. The molecular formula is C20H19FN4O. The van der Waals surface area contributed by atoms with E-state index in [4.69, 9.17) is 4.42 Å². The first-order valence-electron chi connectivity index (χ1n) is 8.51. The number of nitrogens with one attached hydrogen (secondary N) is 1. The second kappa shape index (κ2) is 6.29. The van der Waals surface area contributed by atoms with E-state index < -0.39 is 0 Å². The lowest BCUT2D eigenvalue weighted by Gasteiger charge is -2.25. The molecule has 26 heavy (non-hydrogen) atoms. The Bertz CT molecular complexity index is 1110. The fourth-order valence-electron chi connectivity index (χ4n) is 3.35. The quantitative estimate of drug-likeness (QED) is 0.560. The Morgan fingerprint density at radius 2 is 1.88 bits per heavy atom. The molecule has 0 aliphatic rings. The number of hydrogen-bond donors (Lipinski definition) is 1. The molecule has 0 radical (unpaired) electrons. The van der Waals surface area contributed by atoms with Crippen LogP contribution in [0.25, 0.3) is 21.9 Å². The van der Waals surface area contributed by atoms with Gasteiger partial charge < -0.3 is 14.6 Å². The highest BCUT2D eigenvalue weighted by molar-refractivity contribution is 6.10. The summed E-state index contributed by atoms with van der Waals surface area (Å²) in [5.74, 6) is 1.10. The van der Waals surface area contributed by atoms with Crippen molar-refractivity contribution in [2.45, 2.75) is 13.8 Å². The molecule has 6 heteroatoms. The standard InChI is InChI=1S/C20H19FN4O/c1-4-25(20-19(22-3)23-9-10-24-20)17-12(2)5-7-15-14-8-6-13(21)11-16(14)26-18(15)17/h5-11H,4H2,1-3H3,(H,22,23). The lowest BCUT2D eigenvalue weighted by molar-refractivity contribution is 0.618. The molecule has 0 bridgehead atoms. The summed E-state index contributed by atoms with van der Waals surface area (Å²) in [5.41, 5.74) is 3.22. The molecule has 0 saturated heterocycles. The third-order valence-electron chi connectivity index (χ3n) is 4.54. The molecule has 0 atom stereocenters. The molecule has 4 rings (SSSR count). The molecule has 0 saturated carbocycles. The van der Waals surface area contributed by atoms with Gasteiger partial charge in [0.05, 0.1) is 5.69 Å². The monoisotopic (exact) mass is 350 g/mol. The number of benzene rings is 2. The highest BCUT2D eigenvalue weighted by Gasteiger charge is 2.21. The Morgan fingerprint density at radius 3 is 2.65 bits per heavy atom. The molecule has 1 N–H and O–H groups in total. The zero-order valence-corrected chi connectivity index (χ0v) is 14.9. The summed E-state index contributed by atoms with van der Waals surface area (Å²) < 4.78 is 19.7. The Morgan fingerprint density at radius 1 is 1.12 bits per heavy atom. The van der Waals surface area contributed by atoms with E-state index in [1.54, 1.807) is 18.5 Å². The molecule has 132 valence electrons. The van der Waals surface area contributed by atoms with Crippen molar-refractivity contribution in [3.8, 4) is 0 Å². The molecule has 0 unspecified atom stereocenters. The normalized spacial score (nSPS) is 11.2. The first-order valence-corrected chi connectivity index (χ1v) is 8.51. The fraction of sp³-hybridized carbons (Fsp3) is 0.200. The minimum atomic E-state index is -0.312. The average Bonchev–Trinajstić information content (AvgIpc) is 3.01. The zero-order valence-electron chi connectivity index (χ0n) is 14.9. The van der Waals surface area contributed by atoms with Crippen LogP contribution in [-0.4, -0.2) is 23.6 Å². The van der Waals surface area contributed by atoms with E-state index >= 15 is 0 Å². The SMILES string of the molecule is CCN(c1nccnc1NC)c1c(C)ccc2c1oc1cc(F)ccc12. The van der Waals surface area contributed by atoms with E-state index in [0.717, 1.165) is 33.4 Å². The van der Waals surface area contributed by atoms with E-state index in [-0.39, 0.29) is 5.82 Å². The molecule has 0 aliphatic heterocycles. The van der Waals surface area contributed by atoms with Gasteiger partial charge in [0.25, 0.3) is 0 Å². The second-order valence-electron chi connectivity index (χ2n) is 6.07. The van der Waals surface area contributed by atoms with E-state index in [2.05, 4.69) is 27.1 Å². The summed E-state index contributed by atoms with van der Waals surface area (Å²) in [6.07, 6.45) is 3.32. The average molecular weight is 350 g/mol. The van der Waals surface area contributed by atoms with Crippen LogP contribution in [0.4, 0.5) is 21.7 Å². The summed E-state index contributed by atoms with van der Waals surface area (Å²) in [4.78, 5) is 10.9. The van der Waals surface area contributed by atoms with Gasteiger partial charge in [0, 0.05) is 42.8 Å². The van der Waals surface area contributed by atoms with Gasteiger partial charge in [-0.15, -0.1) is 0 Å². The minimum absolute atomic E-state index is 0.312. The van der Waals surface area contributed by atoms with Crippen molar-refractivity contribution in [3.63, 3.8) is 0 Å². The smallest absolute Gasteiger partial charge is 0.176 e. The highest BCUT2D eigenvalue weighted by Crippen LogP contribution is 2.40. The predicted octanol–water partition coefficient (Wildman–Crippen LogP) is 5.02. The number of nitrogens with zero attached hydrogens (tertiary/aromatic N) is 3. The Balaban J connectivity index is 2.02. The number of aromatic nitrogens is 2. The molecule has 5 nitrogen and oxygen atoms in total. The summed E-state index contributed by atoms with van der Waals surface area (Å²) in [7, 11) is 1.82. The predicted molar refractivity (Wildman–Crippen MR) is 103 cm³/mol. The van der Waals surface area contributed by atoms with Gasteiger partial charge >= 0.3 is 0 Å². The van der Waals surface area contributed by atoms with Crippen LogP contribution < -0.4 is 10.2 Å². The first kappa shape index (κ1) is 16.3. The van der Waals surface area contributed by atoms with Crippen LogP contribution in [-0.2, 0) is 0 Å². The van der Waals surface area contributed by atoms with Crippen LogP contribution in [0.15, 0.2) is 47.1 Å². The van der Waals surface area contributed by atoms with Gasteiger partial charge in [-0.2, -0.15) is 0 Å². The fourth-order valence-corrected chi connectivity index (χ4v) is 3.35. The van der Waals surface area contributed by atoms with Crippen LogP contribution in [0, 0.1) is 12.7 Å². The van der Waals surface area contributed by atoms with Crippen LogP contribution in [0.3, 0.4) is 0 Å². The summed E-state index contributed by atoms with van der Waals surface area (Å²) >= 11 is 0. The zero-order chi connectivity index (χ0) is 18.3. The van der Waals surface area contributed by atoms with Crippen LogP contribution in [0.5, 0.6) is 0 Å². The molecule has 0 spiro atoms. The molecule has 0 fully saturated rings. The van der Waals surface area contributed by atoms with Crippen molar-refractivity contribution in [3.05, 3.63) is 54.1 Å². The molecule has 2 aromatic carbocycles. The number of fused-ring (bicyclic) bond motifs is 3. The molecule has 2 aromatic heterocycles. The third kappa shape index (κ3) is 2.45. The maximum absolute atomic E-state index is 13.6. The van der Waals surface area contributed by atoms with Gasteiger partial charge in [0.2, 0.25) is 0 Å². The van der Waals surface area contributed by atoms with Gasteiger partial charge in [-0.25, -0.2) is 14.4 Å². The van der Waals surface area contributed by atoms with Crippen LogP contribution in [0.2, 0.25) is 0 Å². The maximum atomic E-state index is 13.6. The van der Waals surface area contributed by atoms with Crippen LogP contribution in [0.1, 0.15) is 12.5 Å².